The molecule has 0 aromatic carbocycles. The highest BCUT2D eigenvalue weighted by Gasteiger charge is 2.07. The minimum Gasteiger partial charge on any atom is -0.222 e. The van der Waals surface area contributed by atoms with Crippen molar-refractivity contribution in [1.82, 2.24) is 19.7 Å². The lowest BCUT2D eigenvalue weighted by Crippen LogP contribution is -2.00. The van der Waals surface area contributed by atoms with Crippen LogP contribution in [0.25, 0.3) is 16.5 Å². The maximum Gasteiger partial charge on any atom is 0.173 e. The summed E-state index contributed by atoms with van der Waals surface area (Å²) in [5.74, 6) is 1.29. The van der Waals surface area contributed by atoms with Crippen LogP contribution in [-0.2, 0) is 0 Å². The lowest BCUT2D eigenvalue weighted by molar-refractivity contribution is 0.842. The van der Waals surface area contributed by atoms with Gasteiger partial charge in [-0.15, -0.1) is 11.3 Å². The first kappa shape index (κ1) is 10.4. The van der Waals surface area contributed by atoms with Gasteiger partial charge in [0, 0.05) is 18.5 Å². The molecular formula is C11H7ClN4S. The van der Waals surface area contributed by atoms with Gasteiger partial charge in [0.1, 0.15) is 5.15 Å². The molecule has 0 aliphatic rings. The van der Waals surface area contributed by atoms with Crippen LogP contribution in [0.2, 0.25) is 5.15 Å². The molecule has 84 valence electrons. The number of nitrogens with zero attached hydrogens (tertiary/aromatic N) is 4. The van der Waals surface area contributed by atoms with Crippen LogP contribution in [0.4, 0.5) is 0 Å². The number of rotatable bonds is 2. The number of halogens is 1. The van der Waals surface area contributed by atoms with Gasteiger partial charge in [0.15, 0.2) is 11.6 Å². The summed E-state index contributed by atoms with van der Waals surface area (Å²) in [7, 11) is 0. The van der Waals surface area contributed by atoms with Crippen LogP contribution >= 0.6 is 22.9 Å². The predicted octanol–water partition coefficient (Wildman–Crippen LogP) is 3.04. The normalized spacial score (nSPS) is 10.6. The van der Waals surface area contributed by atoms with Gasteiger partial charge < -0.3 is 0 Å². The molecule has 3 aromatic heterocycles. The van der Waals surface area contributed by atoms with Gasteiger partial charge in [-0.05, 0) is 17.5 Å². The van der Waals surface area contributed by atoms with Gasteiger partial charge in [-0.25, -0.2) is 14.6 Å². The largest absolute Gasteiger partial charge is 0.222 e. The molecular weight excluding hydrogens is 256 g/mol. The smallest absolute Gasteiger partial charge is 0.173 e. The molecule has 17 heavy (non-hydrogen) atoms. The Balaban J connectivity index is 2.13. The van der Waals surface area contributed by atoms with Crippen molar-refractivity contribution in [2.45, 2.75) is 0 Å². The Morgan fingerprint density at radius 2 is 2.18 bits per heavy atom. The molecule has 0 amide bonds. The van der Waals surface area contributed by atoms with E-state index in [1.165, 1.54) is 0 Å². The topological polar surface area (TPSA) is 43.6 Å². The minimum absolute atomic E-state index is 0.411. The fourth-order valence-electron chi connectivity index (χ4n) is 1.44. The second-order valence-corrected chi connectivity index (χ2v) is 4.64. The van der Waals surface area contributed by atoms with Gasteiger partial charge in [0.25, 0.3) is 0 Å². The molecule has 0 N–H and O–H groups in total. The Hall–Kier alpha value is -1.72. The van der Waals surface area contributed by atoms with Crippen molar-refractivity contribution in [3.8, 4) is 16.5 Å². The Morgan fingerprint density at radius 1 is 1.24 bits per heavy atom. The standard InChI is InChI=1S/C11H7ClN4S/c12-9-7-10(16-5-2-4-13-16)15-11(14-9)8-3-1-6-17-8/h1-7H. The maximum atomic E-state index is 6.00. The average Bonchev–Trinajstić information content (AvgIpc) is 3.02. The van der Waals surface area contributed by atoms with Gasteiger partial charge >= 0.3 is 0 Å². The summed E-state index contributed by atoms with van der Waals surface area (Å²) in [5.41, 5.74) is 0. The molecule has 0 saturated carbocycles. The molecule has 4 nitrogen and oxygen atoms in total. The summed E-state index contributed by atoms with van der Waals surface area (Å²) in [4.78, 5) is 9.63. The van der Waals surface area contributed by atoms with Crippen molar-refractivity contribution in [2.24, 2.45) is 0 Å². The maximum absolute atomic E-state index is 6.00. The number of aromatic nitrogens is 4. The van der Waals surface area contributed by atoms with Crippen molar-refractivity contribution in [1.29, 1.82) is 0 Å². The Kier molecular flexibility index (Phi) is 2.62. The molecule has 0 radical (unpaired) electrons. The number of hydrogen-bond acceptors (Lipinski definition) is 4. The first-order valence-electron chi connectivity index (χ1n) is 4.91. The lowest BCUT2D eigenvalue weighted by Gasteiger charge is -2.03. The van der Waals surface area contributed by atoms with Crippen molar-refractivity contribution in [3.05, 3.63) is 47.2 Å². The van der Waals surface area contributed by atoms with Gasteiger partial charge in [0.2, 0.25) is 0 Å². The molecule has 0 unspecified atom stereocenters. The second kappa shape index (κ2) is 4.27. The number of thiophene rings is 1. The van der Waals surface area contributed by atoms with Crippen LogP contribution in [0.15, 0.2) is 42.0 Å². The Labute approximate surface area is 107 Å². The molecule has 0 aliphatic carbocycles. The van der Waals surface area contributed by atoms with Gasteiger partial charge in [-0.3, -0.25) is 0 Å². The van der Waals surface area contributed by atoms with Crippen molar-refractivity contribution in [3.63, 3.8) is 0 Å². The molecule has 0 fully saturated rings. The van der Waals surface area contributed by atoms with Crippen LogP contribution in [0.1, 0.15) is 0 Å². The third-order valence-electron chi connectivity index (χ3n) is 2.16. The molecule has 3 heterocycles. The third-order valence-corrected chi connectivity index (χ3v) is 3.22. The summed E-state index contributed by atoms with van der Waals surface area (Å²) in [5, 5.41) is 6.51. The Morgan fingerprint density at radius 3 is 2.88 bits per heavy atom. The second-order valence-electron chi connectivity index (χ2n) is 3.30. The quantitative estimate of drug-likeness (QED) is 0.667. The van der Waals surface area contributed by atoms with E-state index in [4.69, 9.17) is 11.6 Å². The van der Waals surface area contributed by atoms with E-state index in [2.05, 4.69) is 15.1 Å². The van der Waals surface area contributed by atoms with Gasteiger partial charge in [-0.1, -0.05) is 17.7 Å². The van der Waals surface area contributed by atoms with E-state index >= 15 is 0 Å². The highest BCUT2D eigenvalue weighted by Crippen LogP contribution is 2.23. The van der Waals surface area contributed by atoms with Crippen LogP contribution in [0.3, 0.4) is 0 Å². The highest BCUT2D eigenvalue weighted by atomic mass is 35.5. The van der Waals surface area contributed by atoms with E-state index in [0.29, 0.717) is 16.8 Å². The van der Waals surface area contributed by atoms with Crippen molar-refractivity contribution in [2.75, 3.05) is 0 Å². The minimum atomic E-state index is 0.411. The van der Waals surface area contributed by atoms with Crippen molar-refractivity contribution < 1.29 is 0 Å². The van der Waals surface area contributed by atoms with Gasteiger partial charge in [-0.2, -0.15) is 5.10 Å². The summed E-state index contributed by atoms with van der Waals surface area (Å²) < 4.78 is 1.66. The SMILES string of the molecule is Clc1cc(-n2cccn2)nc(-c2cccs2)n1. The van der Waals surface area contributed by atoms with Gasteiger partial charge in [0.05, 0.1) is 4.88 Å². The van der Waals surface area contributed by atoms with Crippen LogP contribution in [0, 0.1) is 0 Å². The van der Waals surface area contributed by atoms with E-state index in [9.17, 15) is 0 Å². The fraction of sp³-hybridized carbons (Fsp3) is 0. The Bertz CT molecular complexity index is 566. The molecule has 0 bridgehead atoms. The van der Waals surface area contributed by atoms with Crippen molar-refractivity contribution >= 4 is 22.9 Å². The zero-order valence-electron chi connectivity index (χ0n) is 8.62. The molecule has 0 spiro atoms. The van der Waals surface area contributed by atoms with Crippen LogP contribution in [-0.4, -0.2) is 19.7 Å². The van der Waals surface area contributed by atoms with Crippen LogP contribution in [0.5, 0.6) is 0 Å². The predicted molar refractivity (Wildman–Crippen MR) is 67.5 cm³/mol. The summed E-state index contributed by atoms with van der Waals surface area (Å²) in [6.07, 6.45) is 3.51. The molecule has 0 atom stereocenters. The van der Waals surface area contributed by atoms with Crippen LogP contribution < -0.4 is 0 Å². The fourth-order valence-corrected chi connectivity index (χ4v) is 2.28. The average molecular weight is 263 g/mol. The molecule has 3 aromatic rings. The zero-order valence-corrected chi connectivity index (χ0v) is 10.2. The molecule has 0 aliphatic heterocycles. The summed E-state index contributed by atoms with van der Waals surface area (Å²) in [6, 6.07) is 7.44. The van der Waals surface area contributed by atoms with E-state index < -0.39 is 0 Å². The zero-order chi connectivity index (χ0) is 11.7. The number of hydrogen-bond donors (Lipinski definition) is 0. The third kappa shape index (κ3) is 2.07. The highest BCUT2D eigenvalue weighted by molar-refractivity contribution is 7.13. The van der Waals surface area contributed by atoms with E-state index in [1.807, 2.05) is 29.8 Å². The first-order valence-corrected chi connectivity index (χ1v) is 6.17. The van der Waals surface area contributed by atoms with E-state index in [1.54, 1.807) is 28.3 Å². The van der Waals surface area contributed by atoms with E-state index in [0.717, 1.165) is 4.88 Å². The molecule has 0 saturated heterocycles. The lowest BCUT2D eigenvalue weighted by atomic mass is 10.4. The van der Waals surface area contributed by atoms with E-state index in [-0.39, 0.29) is 0 Å². The first-order chi connectivity index (χ1) is 8.33. The molecule has 6 heteroatoms. The summed E-state index contributed by atoms with van der Waals surface area (Å²) >= 11 is 7.57. The summed E-state index contributed by atoms with van der Waals surface area (Å²) in [6.45, 7) is 0. The monoisotopic (exact) mass is 262 g/mol. The molecule has 3 rings (SSSR count).